The number of carbonyl (C=O) groups excluding carboxylic acids is 2. The summed E-state index contributed by atoms with van der Waals surface area (Å²) < 4.78 is 16.6. The number of nitrogens with one attached hydrogen (secondary N) is 1. The standard InChI is InChI=1S/C28H32N2O6/c1-19(9-8-12-26(32)35-22-10-6-5-7-11-22)17-25(31)29-23-18-21-13-14-24(34-16-15-30(3)4)20(2)27(21)36-28(23)33/h5-7,9-11,13-14,18H,8,12,15-17H2,1-4H3,(H,29,31). The lowest BCUT2D eigenvalue weighted by molar-refractivity contribution is -0.134. The molecule has 8 heteroatoms. The van der Waals surface area contributed by atoms with E-state index in [4.69, 9.17) is 13.9 Å². The molecule has 0 aliphatic rings. The number of allylic oxidation sites excluding steroid dienone is 1. The van der Waals surface area contributed by atoms with Crippen LogP contribution < -0.4 is 20.4 Å². The fourth-order valence-electron chi connectivity index (χ4n) is 3.51. The normalized spacial score (nSPS) is 11.5. The molecule has 0 unspecified atom stereocenters. The highest BCUT2D eigenvalue weighted by Gasteiger charge is 2.13. The number of ether oxygens (including phenoxy) is 2. The van der Waals surface area contributed by atoms with E-state index in [-0.39, 0.29) is 30.4 Å². The van der Waals surface area contributed by atoms with Crippen LogP contribution in [0.3, 0.4) is 0 Å². The third-order valence-corrected chi connectivity index (χ3v) is 5.43. The monoisotopic (exact) mass is 492 g/mol. The van der Waals surface area contributed by atoms with Crippen molar-refractivity contribution >= 4 is 28.5 Å². The van der Waals surface area contributed by atoms with Gasteiger partial charge in [0.2, 0.25) is 5.91 Å². The van der Waals surface area contributed by atoms with Crippen molar-refractivity contribution in [1.29, 1.82) is 0 Å². The Hall–Kier alpha value is -3.91. The van der Waals surface area contributed by atoms with Crippen LogP contribution in [0.2, 0.25) is 0 Å². The molecule has 0 saturated heterocycles. The Morgan fingerprint density at radius 1 is 1.11 bits per heavy atom. The van der Waals surface area contributed by atoms with Gasteiger partial charge in [-0.25, -0.2) is 4.79 Å². The van der Waals surface area contributed by atoms with Crippen LogP contribution in [0.5, 0.6) is 11.5 Å². The van der Waals surface area contributed by atoms with Gasteiger partial charge in [-0.15, -0.1) is 0 Å². The molecule has 36 heavy (non-hydrogen) atoms. The zero-order chi connectivity index (χ0) is 26.1. The molecule has 3 aromatic rings. The Bertz CT molecular complexity index is 1290. The molecule has 0 aliphatic carbocycles. The summed E-state index contributed by atoms with van der Waals surface area (Å²) in [5, 5.41) is 3.32. The molecule has 2 aromatic carbocycles. The van der Waals surface area contributed by atoms with E-state index in [1.807, 2.05) is 44.1 Å². The maximum Gasteiger partial charge on any atom is 0.360 e. The van der Waals surface area contributed by atoms with E-state index in [2.05, 4.69) is 5.32 Å². The Morgan fingerprint density at radius 2 is 1.86 bits per heavy atom. The summed E-state index contributed by atoms with van der Waals surface area (Å²) in [5.74, 6) is 0.463. The van der Waals surface area contributed by atoms with E-state index in [1.165, 1.54) is 0 Å². The number of hydrogen-bond donors (Lipinski definition) is 1. The van der Waals surface area contributed by atoms with Crippen LogP contribution in [0.1, 0.15) is 31.7 Å². The molecule has 0 aliphatic heterocycles. The molecule has 1 heterocycles. The van der Waals surface area contributed by atoms with Gasteiger partial charge in [0.1, 0.15) is 29.4 Å². The van der Waals surface area contributed by atoms with Crippen LogP contribution >= 0.6 is 0 Å². The second-order valence-electron chi connectivity index (χ2n) is 8.81. The zero-order valence-electron chi connectivity index (χ0n) is 21.1. The third-order valence-electron chi connectivity index (χ3n) is 5.43. The Labute approximate surface area is 210 Å². The molecular formula is C28H32N2O6. The molecule has 0 saturated carbocycles. The number of amides is 1. The molecule has 190 valence electrons. The van der Waals surface area contributed by atoms with Gasteiger partial charge in [-0.2, -0.15) is 0 Å². The van der Waals surface area contributed by atoms with Gasteiger partial charge >= 0.3 is 11.6 Å². The Balaban J connectivity index is 1.56. The molecule has 0 atom stereocenters. The number of para-hydroxylation sites is 1. The topological polar surface area (TPSA) is 98.1 Å². The molecule has 8 nitrogen and oxygen atoms in total. The van der Waals surface area contributed by atoms with Crippen LogP contribution in [0.4, 0.5) is 5.69 Å². The minimum atomic E-state index is -0.630. The third kappa shape index (κ3) is 7.81. The van der Waals surface area contributed by atoms with Crippen LogP contribution in [-0.2, 0) is 9.59 Å². The van der Waals surface area contributed by atoms with Crippen LogP contribution in [0.25, 0.3) is 11.0 Å². The number of likely N-dealkylation sites (N-methyl/N-ethyl adjacent to an activating group) is 1. The first-order valence-corrected chi connectivity index (χ1v) is 11.8. The smallest absolute Gasteiger partial charge is 0.360 e. The van der Waals surface area contributed by atoms with Gasteiger partial charge in [0, 0.05) is 30.3 Å². The maximum absolute atomic E-state index is 12.5. The van der Waals surface area contributed by atoms with Crippen molar-refractivity contribution in [3.05, 3.63) is 76.2 Å². The van der Waals surface area contributed by atoms with Crippen molar-refractivity contribution in [2.24, 2.45) is 0 Å². The number of aryl methyl sites for hydroxylation is 1. The summed E-state index contributed by atoms with van der Waals surface area (Å²) in [6, 6.07) is 14.1. The van der Waals surface area contributed by atoms with Gasteiger partial charge in [-0.05, 0) is 64.7 Å². The van der Waals surface area contributed by atoms with Crippen molar-refractivity contribution < 1.29 is 23.5 Å². The highest BCUT2D eigenvalue weighted by atomic mass is 16.5. The summed E-state index contributed by atoms with van der Waals surface area (Å²) in [6.45, 7) is 4.90. The number of anilines is 1. The average molecular weight is 493 g/mol. The van der Waals surface area contributed by atoms with Gasteiger partial charge < -0.3 is 24.1 Å². The maximum atomic E-state index is 12.5. The van der Waals surface area contributed by atoms with Crippen LogP contribution in [0.15, 0.2) is 69.4 Å². The highest BCUT2D eigenvalue weighted by Crippen LogP contribution is 2.27. The number of fused-ring (bicyclic) bond motifs is 1. The fraction of sp³-hybridized carbons (Fsp3) is 0.321. The van der Waals surface area contributed by atoms with E-state index in [1.54, 1.807) is 43.3 Å². The molecular weight excluding hydrogens is 460 g/mol. The molecule has 1 aromatic heterocycles. The summed E-state index contributed by atoms with van der Waals surface area (Å²) in [6.07, 6.45) is 2.54. The molecule has 0 bridgehead atoms. The SMILES string of the molecule is CC(=CCCC(=O)Oc1ccccc1)CC(=O)Nc1cc2ccc(OCCN(C)C)c(C)c2oc1=O. The van der Waals surface area contributed by atoms with E-state index < -0.39 is 5.63 Å². The molecule has 0 fully saturated rings. The van der Waals surface area contributed by atoms with Crippen LogP contribution in [0, 0.1) is 6.92 Å². The second-order valence-corrected chi connectivity index (χ2v) is 8.81. The van der Waals surface area contributed by atoms with Gasteiger partial charge in [0.15, 0.2) is 0 Å². The summed E-state index contributed by atoms with van der Waals surface area (Å²) in [4.78, 5) is 39.0. The average Bonchev–Trinajstić information content (AvgIpc) is 2.82. The quantitative estimate of drug-likeness (QED) is 0.179. The van der Waals surface area contributed by atoms with Crippen molar-refractivity contribution in [3.63, 3.8) is 0 Å². The lowest BCUT2D eigenvalue weighted by atomic mass is 10.1. The van der Waals surface area contributed by atoms with Crippen molar-refractivity contribution in [1.82, 2.24) is 4.90 Å². The number of rotatable bonds is 11. The highest BCUT2D eigenvalue weighted by molar-refractivity contribution is 5.94. The lowest BCUT2D eigenvalue weighted by Crippen LogP contribution is -2.19. The molecule has 0 radical (unpaired) electrons. The summed E-state index contributed by atoms with van der Waals surface area (Å²) in [7, 11) is 3.93. The minimum Gasteiger partial charge on any atom is -0.492 e. The second kappa shape index (κ2) is 12.7. The van der Waals surface area contributed by atoms with E-state index in [0.29, 0.717) is 35.5 Å². The van der Waals surface area contributed by atoms with Gasteiger partial charge in [-0.1, -0.05) is 29.8 Å². The van der Waals surface area contributed by atoms with Crippen molar-refractivity contribution in [3.8, 4) is 11.5 Å². The molecule has 1 amide bonds. The van der Waals surface area contributed by atoms with Gasteiger partial charge in [0.05, 0.1) is 0 Å². The minimum absolute atomic E-state index is 0.0763. The zero-order valence-corrected chi connectivity index (χ0v) is 21.1. The fourth-order valence-corrected chi connectivity index (χ4v) is 3.51. The lowest BCUT2D eigenvalue weighted by Gasteiger charge is -2.13. The molecule has 3 rings (SSSR count). The molecule has 0 spiro atoms. The Morgan fingerprint density at radius 3 is 2.58 bits per heavy atom. The van der Waals surface area contributed by atoms with E-state index in [9.17, 15) is 14.4 Å². The summed E-state index contributed by atoms with van der Waals surface area (Å²) in [5.41, 5.74) is 1.38. The van der Waals surface area contributed by atoms with Crippen LogP contribution in [-0.4, -0.2) is 44.0 Å². The van der Waals surface area contributed by atoms with Gasteiger partial charge in [-0.3, -0.25) is 9.59 Å². The summed E-state index contributed by atoms with van der Waals surface area (Å²) >= 11 is 0. The predicted molar refractivity (Wildman–Crippen MR) is 140 cm³/mol. The number of esters is 1. The molecule has 1 N–H and O–H groups in total. The largest absolute Gasteiger partial charge is 0.492 e. The number of hydrogen-bond acceptors (Lipinski definition) is 7. The first-order chi connectivity index (χ1) is 17.2. The van der Waals surface area contributed by atoms with Crippen molar-refractivity contribution in [2.75, 3.05) is 32.6 Å². The first kappa shape index (κ1) is 26.7. The van der Waals surface area contributed by atoms with Gasteiger partial charge in [0.25, 0.3) is 0 Å². The van der Waals surface area contributed by atoms with Crippen molar-refractivity contribution in [2.45, 2.75) is 33.1 Å². The first-order valence-electron chi connectivity index (χ1n) is 11.8. The number of nitrogens with zero attached hydrogens (tertiary/aromatic N) is 1. The predicted octanol–water partition coefficient (Wildman–Crippen LogP) is 4.70. The Kier molecular flexibility index (Phi) is 9.41. The number of carbonyl (C=O) groups is 2. The van der Waals surface area contributed by atoms with E-state index >= 15 is 0 Å². The number of benzene rings is 2. The van der Waals surface area contributed by atoms with E-state index in [0.717, 1.165) is 17.7 Å².